The maximum absolute atomic E-state index is 11.1. The summed E-state index contributed by atoms with van der Waals surface area (Å²) in [6, 6.07) is 37.7. The number of hydrogen-bond acceptors (Lipinski definition) is 4. The largest absolute Gasteiger partial charge is 0.508 e. The topological polar surface area (TPSA) is 58.9 Å². The van der Waals surface area contributed by atoms with Gasteiger partial charge >= 0.3 is 0 Å². The summed E-state index contributed by atoms with van der Waals surface area (Å²) < 4.78 is 12.2. The molecule has 5 aromatic carbocycles. The Morgan fingerprint density at radius 3 is 1.32 bits per heavy atom. The Kier molecular flexibility index (Phi) is 7.32. The first-order valence-corrected chi connectivity index (χ1v) is 12.7. The second-order valence-corrected chi connectivity index (χ2v) is 9.53. The van der Waals surface area contributed by atoms with Gasteiger partial charge in [0.05, 0.1) is 0 Å². The van der Waals surface area contributed by atoms with Crippen molar-refractivity contribution >= 4 is 0 Å². The Balaban J connectivity index is 1.61. The van der Waals surface area contributed by atoms with Crippen molar-refractivity contribution in [2.24, 2.45) is 0 Å². The molecule has 0 unspecified atom stereocenters. The maximum atomic E-state index is 11.1. The molecule has 0 amide bonds. The van der Waals surface area contributed by atoms with Gasteiger partial charge in [0, 0.05) is 17.0 Å². The van der Waals surface area contributed by atoms with E-state index in [0.717, 1.165) is 5.56 Å². The first kappa shape index (κ1) is 25.0. The summed E-state index contributed by atoms with van der Waals surface area (Å²) in [5.74, 6) is 2.69. The third kappa shape index (κ3) is 5.65. The van der Waals surface area contributed by atoms with Crippen molar-refractivity contribution in [1.82, 2.24) is 0 Å². The van der Waals surface area contributed by atoms with Crippen molar-refractivity contribution in [1.29, 1.82) is 0 Å². The first-order chi connectivity index (χ1) is 18.5. The molecule has 0 aliphatic carbocycles. The van der Waals surface area contributed by atoms with Crippen molar-refractivity contribution < 1.29 is 19.7 Å². The fraction of sp³-hybridized carbons (Fsp3) is 0.118. The van der Waals surface area contributed by atoms with Gasteiger partial charge in [0.1, 0.15) is 34.5 Å². The van der Waals surface area contributed by atoms with E-state index in [1.807, 2.05) is 84.9 Å². The highest BCUT2D eigenvalue weighted by molar-refractivity contribution is 5.56. The highest BCUT2D eigenvalue weighted by Crippen LogP contribution is 2.44. The van der Waals surface area contributed by atoms with E-state index in [1.54, 1.807) is 24.3 Å². The lowest BCUT2D eigenvalue weighted by Crippen LogP contribution is -2.05. The number of benzene rings is 5. The minimum atomic E-state index is -0.477. The lowest BCUT2D eigenvalue weighted by molar-refractivity contribution is 0.448. The van der Waals surface area contributed by atoms with Gasteiger partial charge in [-0.1, -0.05) is 74.5 Å². The Morgan fingerprint density at radius 2 is 0.895 bits per heavy atom. The molecule has 0 saturated heterocycles. The molecule has 0 aliphatic heterocycles. The van der Waals surface area contributed by atoms with Crippen LogP contribution in [0.3, 0.4) is 0 Å². The Bertz CT molecular complexity index is 1400. The van der Waals surface area contributed by atoms with E-state index in [1.165, 1.54) is 5.56 Å². The molecule has 4 heteroatoms. The molecule has 0 radical (unpaired) electrons. The smallest absolute Gasteiger partial charge is 0.128 e. The van der Waals surface area contributed by atoms with E-state index >= 15 is 0 Å². The van der Waals surface area contributed by atoms with Gasteiger partial charge < -0.3 is 19.7 Å². The number of aromatic hydroxyl groups is 2. The van der Waals surface area contributed by atoms with Crippen LogP contribution in [0.15, 0.2) is 121 Å². The van der Waals surface area contributed by atoms with Crippen LogP contribution in [0.5, 0.6) is 34.5 Å². The molecule has 0 aromatic heterocycles. The van der Waals surface area contributed by atoms with E-state index < -0.39 is 5.92 Å². The minimum absolute atomic E-state index is 0.108. The van der Waals surface area contributed by atoms with Gasteiger partial charge in [0.15, 0.2) is 0 Å². The molecular weight excluding hydrogens is 472 g/mol. The summed E-state index contributed by atoms with van der Waals surface area (Å²) >= 11 is 0. The van der Waals surface area contributed by atoms with Crippen LogP contribution in [0.1, 0.15) is 47.9 Å². The van der Waals surface area contributed by atoms with Crippen LogP contribution in [-0.4, -0.2) is 10.2 Å². The van der Waals surface area contributed by atoms with Crippen molar-refractivity contribution in [3.63, 3.8) is 0 Å². The van der Waals surface area contributed by atoms with Crippen LogP contribution in [0.4, 0.5) is 0 Å². The molecule has 5 rings (SSSR count). The number of para-hydroxylation sites is 2. The van der Waals surface area contributed by atoms with Gasteiger partial charge in [-0.25, -0.2) is 0 Å². The number of phenols is 2. The molecule has 0 atom stereocenters. The lowest BCUT2D eigenvalue weighted by atomic mass is 9.83. The molecule has 5 aromatic rings. The van der Waals surface area contributed by atoms with Gasteiger partial charge in [0.25, 0.3) is 0 Å². The van der Waals surface area contributed by atoms with Crippen LogP contribution < -0.4 is 9.47 Å². The summed E-state index contributed by atoms with van der Waals surface area (Å²) in [7, 11) is 0. The average Bonchev–Trinajstić information content (AvgIpc) is 2.94. The summed E-state index contributed by atoms with van der Waals surface area (Å²) in [6.45, 7) is 4.30. The van der Waals surface area contributed by atoms with E-state index in [-0.39, 0.29) is 11.5 Å². The Morgan fingerprint density at radius 1 is 0.474 bits per heavy atom. The second-order valence-electron chi connectivity index (χ2n) is 9.53. The normalized spacial score (nSPS) is 11.1. The predicted octanol–water partition coefficient (Wildman–Crippen LogP) is 8.99. The average molecular weight is 503 g/mol. The minimum Gasteiger partial charge on any atom is -0.508 e. The maximum Gasteiger partial charge on any atom is 0.128 e. The number of ether oxygens (including phenoxy) is 2. The second kappa shape index (κ2) is 11.1. The molecular formula is C34H30O4. The van der Waals surface area contributed by atoms with Crippen LogP contribution in [-0.2, 0) is 0 Å². The zero-order valence-corrected chi connectivity index (χ0v) is 21.4. The Hall–Kier alpha value is -4.70. The molecule has 0 saturated carbocycles. The first-order valence-electron chi connectivity index (χ1n) is 12.7. The summed E-state index contributed by atoms with van der Waals surface area (Å²) in [5.41, 5.74) is 3.36. The summed E-state index contributed by atoms with van der Waals surface area (Å²) in [4.78, 5) is 0. The lowest BCUT2D eigenvalue weighted by Gasteiger charge is -2.23. The third-order valence-corrected chi connectivity index (χ3v) is 6.51. The molecule has 4 nitrogen and oxygen atoms in total. The molecule has 0 spiro atoms. The predicted molar refractivity (Wildman–Crippen MR) is 151 cm³/mol. The SMILES string of the molecule is CC(C)c1ccc(C(c2cc(Oc3ccccc3)ccc2O)c2cc(Oc3ccccc3)ccc2O)cc1. The van der Waals surface area contributed by atoms with Crippen molar-refractivity contribution in [2.75, 3.05) is 0 Å². The number of phenolic OH excluding ortho intramolecular Hbond substituents is 2. The van der Waals surface area contributed by atoms with Gasteiger partial charge in [-0.2, -0.15) is 0 Å². The van der Waals surface area contributed by atoms with Crippen LogP contribution in [0, 0.1) is 0 Å². The van der Waals surface area contributed by atoms with Crippen LogP contribution in [0.25, 0.3) is 0 Å². The van der Waals surface area contributed by atoms with E-state index in [0.29, 0.717) is 40.0 Å². The van der Waals surface area contributed by atoms with Gasteiger partial charge in [0.2, 0.25) is 0 Å². The molecule has 0 aliphatic rings. The monoisotopic (exact) mass is 502 g/mol. The standard InChI is InChI=1S/C34H30O4/c1-23(2)24-13-15-25(16-14-24)34(30-21-28(17-19-32(30)35)37-26-9-5-3-6-10-26)31-22-29(18-20-33(31)36)38-27-11-7-4-8-12-27/h3-23,34-36H,1-2H3. The summed E-state index contributed by atoms with van der Waals surface area (Å²) in [5, 5.41) is 22.1. The van der Waals surface area contributed by atoms with Crippen molar-refractivity contribution in [3.05, 3.63) is 144 Å². The fourth-order valence-corrected chi connectivity index (χ4v) is 4.50. The summed E-state index contributed by atoms with van der Waals surface area (Å²) in [6.07, 6.45) is 0. The molecule has 0 heterocycles. The molecule has 38 heavy (non-hydrogen) atoms. The highest BCUT2D eigenvalue weighted by atomic mass is 16.5. The van der Waals surface area contributed by atoms with E-state index in [2.05, 4.69) is 26.0 Å². The number of rotatable bonds is 8. The zero-order chi connectivity index (χ0) is 26.5. The quantitative estimate of drug-likeness (QED) is 0.208. The van der Waals surface area contributed by atoms with E-state index in [4.69, 9.17) is 9.47 Å². The number of hydrogen-bond donors (Lipinski definition) is 2. The van der Waals surface area contributed by atoms with Crippen molar-refractivity contribution in [2.45, 2.75) is 25.7 Å². The molecule has 0 bridgehead atoms. The third-order valence-electron chi connectivity index (χ3n) is 6.51. The zero-order valence-electron chi connectivity index (χ0n) is 21.4. The molecule has 190 valence electrons. The molecule has 2 N–H and O–H groups in total. The van der Waals surface area contributed by atoms with E-state index in [9.17, 15) is 10.2 Å². The van der Waals surface area contributed by atoms with Crippen LogP contribution >= 0.6 is 0 Å². The van der Waals surface area contributed by atoms with Gasteiger partial charge in [-0.3, -0.25) is 0 Å². The molecule has 0 fully saturated rings. The van der Waals surface area contributed by atoms with Crippen molar-refractivity contribution in [3.8, 4) is 34.5 Å². The Labute approximate surface area is 223 Å². The fourth-order valence-electron chi connectivity index (χ4n) is 4.50. The van der Waals surface area contributed by atoms with Gasteiger partial charge in [-0.05, 0) is 77.7 Å². The van der Waals surface area contributed by atoms with Crippen LogP contribution in [0.2, 0.25) is 0 Å². The van der Waals surface area contributed by atoms with Gasteiger partial charge in [-0.15, -0.1) is 0 Å². The highest BCUT2D eigenvalue weighted by Gasteiger charge is 2.25.